The molecule has 8 nitrogen and oxygen atoms in total. The summed E-state index contributed by atoms with van der Waals surface area (Å²) in [6.45, 7) is 0.709. The highest BCUT2D eigenvalue weighted by molar-refractivity contribution is 7.91. The largest absolute Gasteiger partial charge is 0.335 e. The zero-order valence-corrected chi connectivity index (χ0v) is 15.9. The maximum Gasteiger partial charge on any atom is 0.319 e. The Hall–Kier alpha value is -2.16. The first kappa shape index (κ1) is 18.6. The second-order valence-electron chi connectivity index (χ2n) is 6.99. The second kappa shape index (κ2) is 7.22. The molecule has 26 heavy (non-hydrogen) atoms. The van der Waals surface area contributed by atoms with Crippen molar-refractivity contribution in [2.75, 3.05) is 38.7 Å². The van der Waals surface area contributed by atoms with E-state index in [2.05, 4.69) is 4.98 Å². The molecule has 0 unspecified atom stereocenters. The van der Waals surface area contributed by atoms with Crippen LogP contribution in [0.1, 0.15) is 12.1 Å². The van der Waals surface area contributed by atoms with Crippen LogP contribution in [0.2, 0.25) is 0 Å². The molecule has 2 atom stereocenters. The lowest BCUT2D eigenvalue weighted by atomic mass is 10.0. The normalized spacial score (nSPS) is 24.2. The molecule has 0 N–H and O–H groups in total. The number of rotatable bonds is 3. The van der Waals surface area contributed by atoms with Crippen molar-refractivity contribution < 1.29 is 18.0 Å². The van der Waals surface area contributed by atoms with E-state index in [1.807, 2.05) is 18.2 Å². The van der Waals surface area contributed by atoms with Gasteiger partial charge in [0.2, 0.25) is 5.91 Å². The van der Waals surface area contributed by atoms with Crippen LogP contribution in [0, 0.1) is 0 Å². The van der Waals surface area contributed by atoms with E-state index in [9.17, 15) is 18.0 Å². The SMILES string of the molecule is CN(C)C(=O)N1CCN(C(=O)CCc2ccccn2)[C@@H]2CS(=O)(=O)C[C@@H]21. The van der Waals surface area contributed by atoms with Gasteiger partial charge in [0.25, 0.3) is 0 Å². The van der Waals surface area contributed by atoms with Crippen molar-refractivity contribution in [1.29, 1.82) is 0 Å². The summed E-state index contributed by atoms with van der Waals surface area (Å²) in [6, 6.07) is 4.41. The Labute approximate surface area is 153 Å². The van der Waals surface area contributed by atoms with Gasteiger partial charge in [-0.15, -0.1) is 0 Å². The molecule has 0 saturated carbocycles. The van der Waals surface area contributed by atoms with Crippen molar-refractivity contribution >= 4 is 21.8 Å². The van der Waals surface area contributed by atoms with Crippen molar-refractivity contribution in [1.82, 2.24) is 19.7 Å². The monoisotopic (exact) mass is 380 g/mol. The van der Waals surface area contributed by atoms with E-state index in [4.69, 9.17) is 0 Å². The van der Waals surface area contributed by atoms with Gasteiger partial charge in [-0.05, 0) is 18.6 Å². The number of sulfone groups is 1. The number of aromatic nitrogens is 1. The summed E-state index contributed by atoms with van der Waals surface area (Å²) in [4.78, 5) is 34.0. The van der Waals surface area contributed by atoms with Gasteiger partial charge in [0, 0.05) is 45.5 Å². The first-order valence-corrected chi connectivity index (χ1v) is 10.5. The predicted molar refractivity (Wildman–Crippen MR) is 96.3 cm³/mol. The van der Waals surface area contributed by atoms with Crippen LogP contribution < -0.4 is 0 Å². The average molecular weight is 380 g/mol. The van der Waals surface area contributed by atoms with Crippen LogP contribution in [-0.4, -0.2) is 90.8 Å². The summed E-state index contributed by atoms with van der Waals surface area (Å²) in [6.07, 6.45) is 2.48. The summed E-state index contributed by atoms with van der Waals surface area (Å²) in [5, 5.41) is 0. The third kappa shape index (κ3) is 3.82. The van der Waals surface area contributed by atoms with Crippen molar-refractivity contribution in [2.45, 2.75) is 24.9 Å². The maximum absolute atomic E-state index is 12.7. The van der Waals surface area contributed by atoms with E-state index in [-0.39, 0.29) is 29.9 Å². The summed E-state index contributed by atoms with van der Waals surface area (Å²) < 4.78 is 24.4. The molecule has 2 saturated heterocycles. The van der Waals surface area contributed by atoms with Crippen LogP contribution in [0.15, 0.2) is 24.4 Å². The van der Waals surface area contributed by atoms with Gasteiger partial charge in [0.1, 0.15) is 0 Å². The molecule has 3 rings (SSSR count). The lowest BCUT2D eigenvalue weighted by Crippen LogP contribution is -2.63. The van der Waals surface area contributed by atoms with E-state index in [0.717, 1.165) is 5.69 Å². The molecule has 0 aliphatic carbocycles. The molecule has 0 bridgehead atoms. The number of carbonyl (C=O) groups is 2. The Morgan fingerprint density at radius 2 is 1.81 bits per heavy atom. The van der Waals surface area contributed by atoms with Crippen molar-refractivity contribution in [3.05, 3.63) is 30.1 Å². The van der Waals surface area contributed by atoms with Gasteiger partial charge in [-0.2, -0.15) is 0 Å². The summed E-state index contributed by atoms with van der Waals surface area (Å²) in [7, 11) is 0.0149. The minimum atomic E-state index is -3.27. The molecule has 1 aromatic heterocycles. The van der Waals surface area contributed by atoms with Gasteiger partial charge in [-0.3, -0.25) is 9.78 Å². The molecule has 0 radical (unpaired) electrons. The fourth-order valence-electron chi connectivity index (χ4n) is 3.68. The van der Waals surface area contributed by atoms with E-state index < -0.39 is 21.9 Å². The van der Waals surface area contributed by atoms with Gasteiger partial charge >= 0.3 is 6.03 Å². The van der Waals surface area contributed by atoms with Crippen molar-refractivity contribution in [3.63, 3.8) is 0 Å². The number of fused-ring (bicyclic) bond motifs is 1. The van der Waals surface area contributed by atoms with Gasteiger partial charge in [-0.25, -0.2) is 13.2 Å². The molecular formula is C17H24N4O4S. The molecule has 1 aromatic rings. The first-order chi connectivity index (χ1) is 12.3. The van der Waals surface area contributed by atoms with E-state index in [0.29, 0.717) is 19.5 Å². The number of aryl methyl sites for hydroxylation is 1. The smallest absolute Gasteiger partial charge is 0.319 e. The number of urea groups is 1. The topological polar surface area (TPSA) is 90.9 Å². The summed E-state index contributed by atoms with van der Waals surface area (Å²) in [5.41, 5.74) is 0.831. The number of nitrogens with zero attached hydrogens (tertiary/aromatic N) is 4. The Bertz CT molecular complexity index is 781. The standard InChI is InChI=1S/C17H24N4O4S/c1-19(2)17(23)21-10-9-20(14-11-26(24,25)12-15(14)21)16(22)7-6-13-5-3-4-8-18-13/h3-5,8,14-15H,6-7,9-12H2,1-2H3/t14-,15+/m1/s1. The molecule has 3 amide bonds. The van der Waals surface area contributed by atoms with E-state index in [1.54, 1.807) is 30.1 Å². The van der Waals surface area contributed by atoms with Gasteiger partial charge in [0.15, 0.2) is 9.84 Å². The van der Waals surface area contributed by atoms with Crippen LogP contribution in [0.4, 0.5) is 4.79 Å². The number of piperazine rings is 1. The van der Waals surface area contributed by atoms with Crippen LogP contribution in [0.5, 0.6) is 0 Å². The number of amides is 3. The fourth-order valence-corrected chi connectivity index (χ4v) is 5.66. The minimum Gasteiger partial charge on any atom is -0.335 e. The lowest BCUT2D eigenvalue weighted by Gasteiger charge is -2.44. The Morgan fingerprint density at radius 1 is 1.15 bits per heavy atom. The minimum absolute atomic E-state index is 0.0792. The van der Waals surface area contributed by atoms with Crippen LogP contribution in [-0.2, 0) is 21.1 Å². The van der Waals surface area contributed by atoms with Crippen LogP contribution in [0.3, 0.4) is 0 Å². The number of hydrogen-bond donors (Lipinski definition) is 0. The van der Waals surface area contributed by atoms with E-state index in [1.165, 1.54) is 4.90 Å². The number of hydrogen-bond acceptors (Lipinski definition) is 5. The zero-order chi connectivity index (χ0) is 18.9. The third-order valence-corrected chi connectivity index (χ3v) is 6.64. The maximum atomic E-state index is 12.7. The number of carbonyl (C=O) groups excluding carboxylic acids is 2. The number of pyridine rings is 1. The van der Waals surface area contributed by atoms with Crippen molar-refractivity contribution in [2.24, 2.45) is 0 Å². The third-order valence-electron chi connectivity index (χ3n) is 4.95. The molecule has 0 aromatic carbocycles. The summed E-state index contributed by atoms with van der Waals surface area (Å²) >= 11 is 0. The summed E-state index contributed by atoms with van der Waals surface area (Å²) in [5.74, 6) is -0.245. The van der Waals surface area contributed by atoms with Gasteiger partial charge < -0.3 is 14.7 Å². The predicted octanol–water partition coefficient (Wildman–Crippen LogP) is 0.00560. The Balaban J connectivity index is 1.73. The molecule has 2 fully saturated rings. The Morgan fingerprint density at radius 3 is 2.42 bits per heavy atom. The highest BCUT2D eigenvalue weighted by Crippen LogP contribution is 2.28. The molecule has 0 spiro atoms. The molecule has 2 aliphatic rings. The van der Waals surface area contributed by atoms with Crippen LogP contribution in [0.25, 0.3) is 0 Å². The molecular weight excluding hydrogens is 356 g/mol. The lowest BCUT2D eigenvalue weighted by molar-refractivity contribution is -0.136. The Kier molecular flexibility index (Phi) is 5.17. The molecule has 142 valence electrons. The second-order valence-corrected chi connectivity index (χ2v) is 9.14. The highest BCUT2D eigenvalue weighted by Gasteiger charge is 2.49. The average Bonchev–Trinajstić information content (AvgIpc) is 2.93. The first-order valence-electron chi connectivity index (χ1n) is 8.66. The molecule has 9 heteroatoms. The van der Waals surface area contributed by atoms with Crippen molar-refractivity contribution in [3.8, 4) is 0 Å². The van der Waals surface area contributed by atoms with Gasteiger partial charge in [-0.1, -0.05) is 6.07 Å². The zero-order valence-electron chi connectivity index (χ0n) is 15.0. The fraction of sp³-hybridized carbons (Fsp3) is 0.588. The molecule has 3 heterocycles. The highest BCUT2D eigenvalue weighted by atomic mass is 32.2. The molecule has 2 aliphatic heterocycles. The van der Waals surface area contributed by atoms with Gasteiger partial charge in [0.05, 0.1) is 23.6 Å². The quantitative estimate of drug-likeness (QED) is 0.737. The van der Waals surface area contributed by atoms with E-state index >= 15 is 0 Å². The van der Waals surface area contributed by atoms with Crippen LogP contribution >= 0.6 is 0 Å².